The Hall–Kier alpha value is -2.40. The predicted octanol–water partition coefficient (Wildman–Crippen LogP) is 3.86. The molecule has 0 saturated carbocycles. The standard InChI is InChI=1S/C21H25N3OS/c1-14(2)16-8-10-19(11-9-16)22-21(26)24-23-20(25)13-15-6-7-17-4-3-5-18(17)12-15/h6-12,14H,3-5,13H2,1-2H3,(H,23,25)(H2,22,24,26). The third-order valence-corrected chi connectivity index (χ3v) is 4.88. The molecule has 136 valence electrons. The number of fused-ring (bicyclic) bond motifs is 1. The van der Waals surface area contributed by atoms with E-state index in [4.69, 9.17) is 12.2 Å². The number of aryl methyl sites for hydroxylation is 2. The maximum Gasteiger partial charge on any atom is 0.242 e. The number of hydrogen-bond donors (Lipinski definition) is 3. The van der Waals surface area contributed by atoms with Gasteiger partial charge in [-0.3, -0.25) is 15.6 Å². The maximum absolute atomic E-state index is 12.1. The number of benzene rings is 2. The Kier molecular flexibility index (Phi) is 5.89. The van der Waals surface area contributed by atoms with Crippen molar-refractivity contribution in [2.24, 2.45) is 0 Å². The molecule has 1 amide bonds. The zero-order valence-electron chi connectivity index (χ0n) is 15.3. The Labute approximate surface area is 160 Å². The molecule has 0 unspecified atom stereocenters. The van der Waals surface area contributed by atoms with Crippen LogP contribution in [0, 0.1) is 0 Å². The highest BCUT2D eigenvalue weighted by molar-refractivity contribution is 7.80. The summed E-state index contributed by atoms with van der Waals surface area (Å²) in [6.45, 7) is 4.32. The molecule has 0 radical (unpaired) electrons. The second-order valence-corrected chi connectivity index (χ2v) is 7.45. The molecule has 0 atom stereocenters. The number of rotatable bonds is 4. The molecule has 26 heavy (non-hydrogen) atoms. The third kappa shape index (κ3) is 4.82. The van der Waals surface area contributed by atoms with Crippen molar-refractivity contribution in [3.05, 3.63) is 64.7 Å². The van der Waals surface area contributed by atoms with Gasteiger partial charge in [0.05, 0.1) is 6.42 Å². The molecule has 3 rings (SSSR count). The van der Waals surface area contributed by atoms with Crippen LogP contribution in [-0.2, 0) is 24.1 Å². The minimum absolute atomic E-state index is 0.109. The molecule has 0 bridgehead atoms. The van der Waals surface area contributed by atoms with E-state index in [-0.39, 0.29) is 5.91 Å². The summed E-state index contributed by atoms with van der Waals surface area (Å²) in [4.78, 5) is 12.1. The van der Waals surface area contributed by atoms with Crippen molar-refractivity contribution in [2.75, 3.05) is 5.32 Å². The van der Waals surface area contributed by atoms with Crippen LogP contribution >= 0.6 is 12.2 Å². The van der Waals surface area contributed by atoms with E-state index < -0.39 is 0 Å². The summed E-state index contributed by atoms with van der Waals surface area (Å²) in [5.74, 6) is 0.384. The zero-order valence-corrected chi connectivity index (χ0v) is 16.1. The van der Waals surface area contributed by atoms with Gasteiger partial charge in [0.15, 0.2) is 5.11 Å². The number of hydrazine groups is 1. The maximum atomic E-state index is 12.1. The first-order valence-corrected chi connectivity index (χ1v) is 9.48. The van der Waals surface area contributed by atoms with Crippen molar-refractivity contribution in [1.29, 1.82) is 0 Å². The van der Waals surface area contributed by atoms with E-state index in [1.54, 1.807) is 0 Å². The van der Waals surface area contributed by atoms with E-state index in [1.807, 2.05) is 18.2 Å². The molecule has 2 aromatic rings. The number of thiocarbonyl (C=S) groups is 1. The number of carbonyl (C=O) groups excluding carboxylic acids is 1. The van der Waals surface area contributed by atoms with Crippen LogP contribution in [0.15, 0.2) is 42.5 Å². The molecule has 0 aliphatic heterocycles. The van der Waals surface area contributed by atoms with Gasteiger partial charge < -0.3 is 5.32 Å². The molecule has 0 saturated heterocycles. The van der Waals surface area contributed by atoms with Crippen LogP contribution in [0.4, 0.5) is 5.69 Å². The molecule has 0 spiro atoms. The topological polar surface area (TPSA) is 53.2 Å². The van der Waals surface area contributed by atoms with Crippen LogP contribution in [0.1, 0.15) is 48.4 Å². The zero-order chi connectivity index (χ0) is 18.5. The Morgan fingerprint density at radius 2 is 1.77 bits per heavy atom. The van der Waals surface area contributed by atoms with Crippen molar-refractivity contribution in [2.45, 2.75) is 45.4 Å². The summed E-state index contributed by atoms with van der Waals surface area (Å²) >= 11 is 5.23. The fourth-order valence-electron chi connectivity index (χ4n) is 3.20. The lowest BCUT2D eigenvalue weighted by atomic mass is 10.0. The summed E-state index contributed by atoms with van der Waals surface area (Å²) in [7, 11) is 0. The molecule has 4 nitrogen and oxygen atoms in total. The van der Waals surface area contributed by atoms with Crippen molar-refractivity contribution in [3.8, 4) is 0 Å². The smallest absolute Gasteiger partial charge is 0.242 e. The summed E-state index contributed by atoms with van der Waals surface area (Å²) in [6, 6.07) is 14.4. The lowest BCUT2D eigenvalue weighted by Crippen LogP contribution is -2.44. The van der Waals surface area contributed by atoms with Crippen molar-refractivity contribution in [1.82, 2.24) is 10.9 Å². The van der Waals surface area contributed by atoms with Crippen LogP contribution in [-0.4, -0.2) is 11.0 Å². The summed E-state index contributed by atoms with van der Waals surface area (Å²) in [5.41, 5.74) is 11.4. The molecular weight excluding hydrogens is 342 g/mol. The molecule has 0 aromatic heterocycles. The highest BCUT2D eigenvalue weighted by Crippen LogP contribution is 2.23. The monoisotopic (exact) mass is 367 g/mol. The fraction of sp³-hybridized carbons (Fsp3) is 0.333. The third-order valence-electron chi connectivity index (χ3n) is 4.68. The minimum Gasteiger partial charge on any atom is -0.331 e. The predicted molar refractivity (Wildman–Crippen MR) is 110 cm³/mol. The van der Waals surface area contributed by atoms with Crippen LogP contribution < -0.4 is 16.2 Å². The number of carbonyl (C=O) groups is 1. The van der Waals surface area contributed by atoms with E-state index in [1.165, 1.54) is 23.1 Å². The molecule has 2 aromatic carbocycles. The molecule has 1 aliphatic carbocycles. The average molecular weight is 368 g/mol. The largest absolute Gasteiger partial charge is 0.331 e. The Morgan fingerprint density at radius 1 is 1.04 bits per heavy atom. The molecule has 0 fully saturated rings. The van der Waals surface area contributed by atoms with Gasteiger partial charge in [0.25, 0.3) is 0 Å². The normalized spacial score (nSPS) is 12.6. The second-order valence-electron chi connectivity index (χ2n) is 7.04. The van der Waals surface area contributed by atoms with Gasteiger partial charge in [-0.2, -0.15) is 0 Å². The molecular formula is C21H25N3OS. The van der Waals surface area contributed by atoms with E-state index in [0.29, 0.717) is 17.5 Å². The van der Waals surface area contributed by atoms with Gasteiger partial charge in [-0.05, 0) is 71.8 Å². The van der Waals surface area contributed by atoms with Gasteiger partial charge >= 0.3 is 0 Å². The first-order chi connectivity index (χ1) is 12.5. The van der Waals surface area contributed by atoms with E-state index in [9.17, 15) is 4.79 Å². The Bertz CT molecular complexity index is 799. The van der Waals surface area contributed by atoms with Crippen LogP contribution in [0.3, 0.4) is 0 Å². The number of nitrogens with one attached hydrogen (secondary N) is 3. The lowest BCUT2D eigenvalue weighted by molar-refractivity contribution is -0.120. The highest BCUT2D eigenvalue weighted by atomic mass is 32.1. The minimum atomic E-state index is -0.109. The van der Waals surface area contributed by atoms with Crippen molar-refractivity contribution >= 4 is 28.9 Å². The van der Waals surface area contributed by atoms with E-state index in [0.717, 1.165) is 24.1 Å². The van der Waals surface area contributed by atoms with Gasteiger partial charge in [-0.15, -0.1) is 0 Å². The summed E-state index contributed by atoms with van der Waals surface area (Å²) in [5, 5.41) is 3.43. The Balaban J connectivity index is 1.45. The van der Waals surface area contributed by atoms with Crippen molar-refractivity contribution in [3.63, 3.8) is 0 Å². The SMILES string of the molecule is CC(C)c1ccc(NC(=S)NNC(=O)Cc2ccc3c(c2)CCC3)cc1. The molecule has 5 heteroatoms. The van der Waals surface area contributed by atoms with Gasteiger partial charge in [0, 0.05) is 5.69 Å². The number of hydrogen-bond acceptors (Lipinski definition) is 2. The van der Waals surface area contributed by atoms with Crippen molar-refractivity contribution < 1.29 is 4.79 Å². The van der Waals surface area contributed by atoms with Gasteiger partial charge in [-0.25, -0.2) is 0 Å². The van der Waals surface area contributed by atoms with Crippen LogP contribution in [0.5, 0.6) is 0 Å². The van der Waals surface area contributed by atoms with E-state index in [2.05, 4.69) is 54.3 Å². The van der Waals surface area contributed by atoms with Gasteiger partial charge in [0.1, 0.15) is 0 Å². The number of amides is 1. The molecule has 1 aliphatic rings. The van der Waals surface area contributed by atoms with Gasteiger partial charge in [0.2, 0.25) is 5.91 Å². The molecule has 0 heterocycles. The van der Waals surface area contributed by atoms with Crippen LogP contribution in [0.2, 0.25) is 0 Å². The quantitative estimate of drug-likeness (QED) is 0.567. The second kappa shape index (κ2) is 8.32. The highest BCUT2D eigenvalue weighted by Gasteiger charge is 2.12. The first-order valence-electron chi connectivity index (χ1n) is 9.08. The molecule has 3 N–H and O–H groups in total. The van der Waals surface area contributed by atoms with Crippen LogP contribution in [0.25, 0.3) is 0 Å². The first kappa shape index (κ1) is 18.4. The van der Waals surface area contributed by atoms with Gasteiger partial charge in [-0.1, -0.05) is 44.2 Å². The average Bonchev–Trinajstić information content (AvgIpc) is 3.08. The lowest BCUT2D eigenvalue weighted by Gasteiger charge is -2.13. The van der Waals surface area contributed by atoms with E-state index >= 15 is 0 Å². The Morgan fingerprint density at radius 3 is 2.50 bits per heavy atom. The summed E-state index contributed by atoms with van der Waals surface area (Å²) < 4.78 is 0. The number of anilines is 1. The summed E-state index contributed by atoms with van der Waals surface area (Å²) in [6.07, 6.45) is 3.82. The fourth-order valence-corrected chi connectivity index (χ4v) is 3.37.